The van der Waals surface area contributed by atoms with Gasteiger partial charge in [-0.05, 0) is 57.5 Å². The van der Waals surface area contributed by atoms with Crippen molar-refractivity contribution in [2.75, 3.05) is 6.61 Å². The Hall–Kier alpha value is -2.16. The summed E-state index contributed by atoms with van der Waals surface area (Å²) in [6.07, 6.45) is 0.935. The number of Topliss-reactive ketones (excluding diaryl/α,β-unsaturated/α-hetero) is 1. The molecule has 0 aliphatic rings. The number of nitrogens with one attached hydrogen (secondary N) is 1. The maximum atomic E-state index is 12.5. The molecule has 0 aliphatic carbocycles. The van der Waals surface area contributed by atoms with Gasteiger partial charge in [0.1, 0.15) is 6.04 Å². The Bertz CT molecular complexity index is 997. The van der Waals surface area contributed by atoms with E-state index in [1.807, 2.05) is 18.4 Å². The number of hydrogen-bond acceptors (Lipinski definition) is 5. The van der Waals surface area contributed by atoms with Gasteiger partial charge >= 0.3 is 5.97 Å². The van der Waals surface area contributed by atoms with Gasteiger partial charge in [0.15, 0.2) is 6.61 Å². The second-order valence-electron chi connectivity index (χ2n) is 6.76. The van der Waals surface area contributed by atoms with E-state index in [0.29, 0.717) is 10.6 Å². The monoisotopic (exact) mass is 440 g/mol. The molecule has 1 aromatic heterocycles. The number of aromatic nitrogens is 1. The summed E-state index contributed by atoms with van der Waals surface area (Å²) in [5.41, 5.74) is 2.28. The van der Waals surface area contributed by atoms with E-state index in [2.05, 4.69) is 11.6 Å². The predicted octanol–water partition coefficient (Wildman–Crippen LogP) is 3.26. The highest BCUT2D eigenvalue weighted by atomic mass is 35.5. The molecule has 2 rings (SSSR count). The van der Waals surface area contributed by atoms with Crippen LogP contribution in [0.1, 0.15) is 42.0 Å². The first-order valence-electron chi connectivity index (χ1n) is 9.21. The molecule has 1 atom stereocenters. The Morgan fingerprint density at radius 2 is 1.83 bits per heavy atom. The number of hydrogen-bond donors (Lipinski definition) is 1. The Labute approximate surface area is 176 Å². The van der Waals surface area contributed by atoms with Gasteiger partial charge in [0.2, 0.25) is 15.8 Å². The number of carbonyl (C=O) groups excluding carboxylic acids is 2. The molecular formula is C20H25ClN2O5S. The maximum absolute atomic E-state index is 12.5. The third kappa shape index (κ3) is 5.68. The van der Waals surface area contributed by atoms with Crippen molar-refractivity contribution in [3.05, 3.63) is 52.3 Å². The molecular weight excluding hydrogens is 416 g/mol. The van der Waals surface area contributed by atoms with Gasteiger partial charge in [-0.2, -0.15) is 4.72 Å². The van der Waals surface area contributed by atoms with Gasteiger partial charge < -0.3 is 9.30 Å². The van der Waals surface area contributed by atoms with Crippen LogP contribution in [-0.4, -0.2) is 37.4 Å². The summed E-state index contributed by atoms with van der Waals surface area (Å²) in [7, 11) is -3.93. The lowest BCUT2D eigenvalue weighted by Gasteiger charge is -2.13. The highest BCUT2D eigenvalue weighted by molar-refractivity contribution is 7.89. The average molecular weight is 441 g/mol. The number of nitrogens with zero attached hydrogens (tertiary/aromatic N) is 1. The van der Waals surface area contributed by atoms with Crippen molar-refractivity contribution in [2.45, 2.75) is 51.6 Å². The van der Waals surface area contributed by atoms with E-state index in [4.69, 9.17) is 16.3 Å². The zero-order chi connectivity index (χ0) is 21.8. The van der Waals surface area contributed by atoms with Crippen LogP contribution in [0.2, 0.25) is 5.02 Å². The van der Waals surface area contributed by atoms with Gasteiger partial charge in [-0.15, -0.1) is 0 Å². The van der Waals surface area contributed by atoms with E-state index in [-0.39, 0.29) is 10.7 Å². The van der Waals surface area contributed by atoms with Crippen LogP contribution < -0.4 is 4.72 Å². The van der Waals surface area contributed by atoms with Gasteiger partial charge in [0, 0.05) is 28.5 Å². The summed E-state index contributed by atoms with van der Waals surface area (Å²) in [4.78, 5) is 24.6. The molecule has 2 aromatic rings. The second kappa shape index (κ2) is 9.56. The van der Waals surface area contributed by atoms with E-state index in [1.165, 1.54) is 31.2 Å². The molecule has 1 heterocycles. The number of halogens is 1. The smallest absolute Gasteiger partial charge is 0.324 e. The van der Waals surface area contributed by atoms with Gasteiger partial charge in [-0.3, -0.25) is 9.59 Å². The maximum Gasteiger partial charge on any atom is 0.324 e. The molecule has 1 N–H and O–H groups in total. The van der Waals surface area contributed by atoms with Crippen LogP contribution in [0, 0.1) is 13.8 Å². The van der Waals surface area contributed by atoms with Crippen molar-refractivity contribution in [2.24, 2.45) is 0 Å². The quantitative estimate of drug-likeness (QED) is 0.477. The summed E-state index contributed by atoms with van der Waals surface area (Å²) >= 11 is 5.76. The Kier molecular flexibility index (Phi) is 7.62. The Balaban J connectivity index is 1.99. The van der Waals surface area contributed by atoms with Gasteiger partial charge in [-0.25, -0.2) is 8.42 Å². The molecule has 0 saturated heterocycles. The molecule has 0 amide bonds. The van der Waals surface area contributed by atoms with E-state index < -0.39 is 28.6 Å². The molecule has 0 radical (unpaired) electrons. The predicted molar refractivity (Wildman–Crippen MR) is 111 cm³/mol. The molecule has 29 heavy (non-hydrogen) atoms. The van der Waals surface area contributed by atoms with Crippen molar-refractivity contribution in [3.63, 3.8) is 0 Å². The van der Waals surface area contributed by atoms with E-state index in [1.54, 1.807) is 6.07 Å². The fourth-order valence-electron chi connectivity index (χ4n) is 2.95. The van der Waals surface area contributed by atoms with Crippen LogP contribution in [0.4, 0.5) is 0 Å². The van der Waals surface area contributed by atoms with Crippen LogP contribution in [0.5, 0.6) is 0 Å². The molecule has 0 bridgehead atoms. The number of ketones is 1. The first-order valence-corrected chi connectivity index (χ1v) is 11.1. The lowest BCUT2D eigenvalue weighted by Crippen LogP contribution is -2.40. The molecule has 0 fully saturated rings. The SMILES string of the molecule is CCCn1c(C)cc(C(=O)COC(=O)[C@H](C)NS(=O)(=O)c2ccc(Cl)cc2)c1C. The minimum Gasteiger partial charge on any atom is -0.456 e. The topological polar surface area (TPSA) is 94.5 Å². The standard InChI is InChI=1S/C20H25ClN2O5S/c1-5-10-23-13(2)11-18(15(23)4)19(24)12-28-20(25)14(3)22-29(26,27)17-8-6-16(21)7-9-17/h6-9,11,14,22H,5,10,12H2,1-4H3/t14-/m0/s1. The summed E-state index contributed by atoms with van der Waals surface area (Å²) in [6, 6.07) is 6.15. The molecule has 158 valence electrons. The van der Waals surface area contributed by atoms with Crippen LogP contribution in [0.15, 0.2) is 35.2 Å². The van der Waals surface area contributed by atoms with Crippen molar-refractivity contribution in [1.82, 2.24) is 9.29 Å². The van der Waals surface area contributed by atoms with Crippen molar-refractivity contribution in [3.8, 4) is 0 Å². The van der Waals surface area contributed by atoms with Gasteiger partial charge in [-0.1, -0.05) is 18.5 Å². The third-order valence-electron chi connectivity index (χ3n) is 4.48. The van der Waals surface area contributed by atoms with Crippen molar-refractivity contribution >= 4 is 33.4 Å². The number of aryl methyl sites for hydroxylation is 1. The van der Waals surface area contributed by atoms with Crippen LogP contribution in [-0.2, 0) is 26.1 Å². The second-order valence-corrected chi connectivity index (χ2v) is 8.91. The number of sulfonamides is 1. The number of esters is 1. The number of rotatable bonds is 9. The Morgan fingerprint density at radius 3 is 2.41 bits per heavy atom. The normalized spacial score (nSPS) is 12.6. The molecule has 1 aromatic carbocycles. The van der Waals surface area contributed by atoms with Crippen LogP contribution in [0.25, 0.3) is 0 Å². The van der Waals surface area contributed by atoms with Crippen molar-refractivity contribution in [1.29, 1.82) is 0 Å². The highest BCUT2D eigenvalue weighted by Gasteiger charge is 2.24. The van der Waals surface area contributed by atoms with Gasteiger partial charge in [0.05, 0.1) is 4.90 Å². The van der Waals surface area contributed by atoms with Crippen molar-refractivity contribution < 1.29 is 22.7 Å². The minimum absolute atomic E-state index is 0.0269. The largest absolute Gasteiger partial charge is 0.456 e. The lowest BCUT2D eigenvalue weighted by molar-refractivity contribution is -0.144. The molecule has 0 saturated carbocycles. The Morgan fingerprint density at radius 1 is 1.21 bits per heavy atom. The molecule has 0 aliphatic heterocycles. The summed E-state index contributed by atoms with van der Waals surface area (Å²) < 4.78 is 34.0. The van der Waals surface area contributed by atoms with E-state index >= 15 is 0 Å². The summed E-state index contributed by atoms with van der Waals surface area (Å²) in [5.74, 6) is -1.17. The fourth-order valence-corrected chi connectivity index (χ4v) is 4.27. The zero-order valence-electron chi connectivity index (χ0n) is 16.9. The number of benzene rings is 1. The summed E-state index contributed by atoms with van der Waals surface area (Å²) in [6.45, 7) is 7.51. The molecule has 0 unspecified atom stereocenters. The van der Waals surface area contributed by atoms with E-state index in [0.717, 1.165) is 24.4 Å². The van der Waals surface area contributed by atoms with Crippen LogP contribution >= 0.6 is 11.6 Å². The molecule has 7 nitrogen and oxygen atoms in total. The third-order valence-corrected chi connectivity index (χ3v) is 6.28. The first-order chi connectivity index (χ1) is 13.6. The first kappa shape index (κ1) is 23.1. The zero-order valence-corrected chi connectivity index (χ0v) is 18.4. The average Bonchev–Trinajstić information content (AvgIpc) is 2.94. The van der Waals surface area contributed by atoms with E-state index in [9.17, 15) is 18.0 Å². The fraction of sp³-hybridized carbons (Fsp3) is 0.400. The molecule has 0 spiro atoms. The van der Waals surface area contributed by atoms with Gasteiger partial charge in [0.25, 0.3) is 0 Å². The number of carbonyl (C=O) groups is 2. The van der Waals surface area contributed by atoms with Crippen LogP contribution in [0.3, 0.4) is 0 Å². The summed E-state index contributed by atoms with van der Waals surface area (Å²) in [5, 5.41) is 0.397. The lowest BCUT2D eigenvalue weighted by atomic mass is 10.1. The molecule has 9 heteroatoms. The highest BCUT2D eigenvalue weighted by Crippen LogP contribution is 2.17. The minimum atomic E-state index is -3.93. The number of ether oxygens (including phenoxy) is 1.